The maximum atomic E-state index is 9.71. The van der Waals surface area contributed by atoms with Crippen molar-refractivity contribution in [2.45, 2.75) is 13.1 Å². The molecule has 4 nitrogen and oxygen atoms in total. The van der Waals surface area contributed by atoms with Crippen LogP contribution in [0.1, 0.15) is 11.1 Å². The highest BCUT2D eigenvalue weighted by atomic mass is 16.3. The Hall–Kier alpha value is -2.20. The number of benzene rings is 2. The molecule has 0 fully saturated rings. The molecule has 0 radical (unpaired) electrons. The van der Waals surface area contributed by atoms with Crippen molar-refractivity contribution in [3.63, 3.8) is 0 Å². The van der Waals surface area contributed by atoms with Gasteiger partial charge in [-0.2, -0.15) is 0 Å². The van der Waals surface area contributed by atoms with E-state index in [-0.39, 0.29) is 11.5 Å². The minimum absolute atomic E-state index is 0.0688. The summed E-state index contributed by atoms with van der Waals surface area (Å²) in [5, 5.41) is 22.2. The first-order valence-corrected chi connectivity index (χ1v) is 6.53. The van der Waals surface area contributed by atoms with E-state index in [0.717, 1.165) is 17.8 Å². The standard InChI is InChI=1S/C16H20N2O2/c1-18(2)11-12-3-6-14(7-4-12)17-10-13-5-8-15(19)9-16(13)20/h3-9,17,19-20H,10-11H2,1-2H3. The number of aromatic hydroxyl groups is 2. The summed E-state index contributed by atoms with van der Waals surface area (Å²) in [5.74, 6) is 0.168. The van der Waals surface area contributed by atoms with Crippen molar-refractivity contribution in [3.05, 3.63) is 53.6 Å². The molecule has 0 atom stereocenters. The first kappa shape index (κ1) is 14.2. The number of phenols is 2. The van der Waals surface area contributed by atoms with E-state index in [1.54, 1.807) is 12.1 Å². The van der Waals surface area contributed by atoms with Crippen LogP contribution in [0.4, 0.5) is 5.69 Å². The first-order chi connectivity index (χ1) is 9.54. The van der Waals surface area contributed by atoms with Crippen molar-refractivity contribution in [1.29, 1.82) is 0 Å². The first-order valence-electron chi connectivity index (χ1n) is 6.53. The van der Waals surface area contributed by atoms with E-state index in [9.17, 15) is 10.2 Å². The monoisotopic (exact) mass is 272 g/mol. The van der Waals surface area contributed by atoms with Gasteiger partial charge in [0.2, 0.25) is 0 Å². The molecule has 0 aliphatic heterocycles. The summed E-state index contributed by atoms with van der Waals surface area (Å²) in [6.45, 7) is 1.43. The van der Waals surface area contributed by atoms with Crippen molar-refractivity contribution < 1.29 is 10.2 Å². The van der Waals surface area contributed by atoms with Gasteiger partial charge in [0.1, 0.15) is 11.5 Å². The topological polar surface area (TPSA) is 55.7 Å². The molecule has 0 spiro atoms. The highest BCUT2D eigenvalue weighted by Gasteiger charge is 2.02. The minimum atomic E-state index is 0.0688. The Bertz CT molecular complexity index is 565. The molecule has 0 saturated heterocycles. The van der Waals surface area contributed by atoms with Gasteiger partial charge in [0.25, 0.3) is 0 Å². The van der Waals surface area contributed by atoms with Crippen LogP contribution >= 0.6 is 0 Å². The van der Waals surface area contributed by atoms with Crippen LogP contribution in [-0.4, -0.2) is 29.2 Å². The van der Waals surface area contributed by atoms with Crippen LogP contribution in [0, 0.1) is 0 Å². The normalized spacial score (nSPS) is 10.8. The van der Waals surface area contributed by atoms with Crippen LogP contribution in [0.3, 0.4) is 0 Å². The largest absolute Gasteiger partial charge is 0.508 e. The van der Waals surface area contributed by atoms with Gasteiger partial charge in [-0.25, -0.2) is 0 Å². The van der Waals surface area contributed by atoms with Crippen molar-refractivity contribution in [2.75, 3.05) is 19.4 Å². The fraction of sp³-hybridized carbons (Fsp3) is 0.250. The quantitative estimate of drug-likeness (QED) is 0.783. The SMILES string of the molecule is CN(C)Cc1ccc(NCc2ccc(O)cc2O)cc1. The summed E-state index contributed by atoms with van der Waals surface area (Å²) >= 11 is 0. The van der Waals surface area contributed by atoms with Gasteiger partial charge in [0.05, 0.1) is 0 Å². The Balaban J connectivity index is 1.96. The van der Waals surface area contributed by atoms with Crippen LogP contribution in [-0.2, 0) is 13.1 Å². The molecule has 0 amide bonds. The lowest BCUT2D eigenvalue weighted by atomic mass is 10.1. The van der Waals surface area contributed by atoms with E-state index in [0.29, 0.717) is 6.54 Å². The van der Waals surface area contributed by atoms with Crippen molar-refractivity contribution in [1.82, 2.24) is 4.90 Å². The number of phenolic OH excluding ortho intramolecular Hbond substituents is 2. The third-order valence-corrected chi connectivity index (χ3v) is 3.00. The van der Waals surface area contributed by atoms with Gasteiger partial charge < -0.3 is 20.4 Å². The third-order valence-electron chi connectivity index (χ3n) is 3.00. The van der Waals surface area contributed by atoms with Gasteiger partial charge in [-0.1, -0.05) is 12.1 Å². The lowest BCUT2D eigenvalue weighted by Gasteiger charge is -2.11. The van der Waals surface area contributed by atoms with Crippen molar-refractivity contribution in [2.24, 2.45) is 0 Å². The summed E-state index contributed by atoms with van der Waals surface area (Å²) in [6.07, 6.45) is 0. The van der Waals surface area contributed by atoms with Gasteiger partial charge in [-0.15, -0.1) is 0 Å². The molecule has 2 aromatic carbocycles. The Morgan fingerprint density at radius 1 is 1.00 bits per heavy atom. The predicted octanol–water partition coefficient (Wildman–Crippen LogP) is 2.77. The van der Waals surface area contributed by atoms with E-state index < -0.39 is 0 Å². The molecule has 2 aromatic rings. The third kappa shape index (κ3) is 3.90. The van der Waals surface area contributed by atoms with Gasteiger partial charge in [-0.05, 0) is 43.9 Å². The maximum absolute atomic E-state index is 9.71. The van der Waals surface area contributed by atoms with Crippen LogP contribution in [0.5, 0.6) is 11.5 Å². The van der Waals surface area contributed by atoms with E-state index in [4.69, 9.17) is 0 Å². The van der Waals surface area contributed by atoms with E-state index in [2.05, 4.69) is 22.3 Å². The lowest BCUT2D eigenvalue weighted by molar-refractivity contribution is 0.402. The van der Waals surface area contributed by atoms with Gasteiger partial charge >= 0.3 is 0 Å². The molecule has 2 rings (SSSR count). The fourth-order valence-corrected chi connectivity index (χ4v) is 1.99. The molecule has 0 heterocycles. The Morgan fingerprint density at radius 3 is 2.30 bits per heavy atom. The Morgan fingerprint density at radius 2 is 1.70 bits per heavy atom. The smallest absolute Gasteiger partial charge is 0.124 e. The number of hydrogen-bond acceptors (Lipinski definition) is 4. The highest BCUT2D eigenvalue weighted by molar-refractivity contribution is 5.47. The van der Waals surface area contributed by atoms with E-state index in [1.165, 1.54) is 11.6 Å². The molecule has 0 unspecified atom stereocenters. The van der Waals surface area contributed by atoms with Gasteiger partial charge in [0, 0.05) is 30.4 Å². The predicted molar refractivity (Wildman–Crippen MR) is 80.9 cm³/mol. The Kier molecular flexibility index (Phi) is 4.48. The molecule has 0 aliphatic carbocycles. The van der Waals surface area contributed by atoms with Crippen LogP contribution in [0.25, 0.3) is 0 Å². The number of hydrogen-bond donors (Lipinski definition) is 3. The zero-order valence-electron chi connectivity index (χ0n) is 11.8. The molecule has 0 aliphatic rings. The second-order valence-electron chi connectivity index (χ2n) is 5.10. The second-order valence-corrected chi connectivity index (χ2v) is 5.10. The zero-order valence-corrected chi connectivity index (χ0v) is 11.8. The second kappa shape index (κ2) is 6.30. The van der Waals surface area contributed by atoms with Crippen molar-refractivity contribution in [3.8, 4) is 11.5 Å². The van der Waals surface area contributed by atoms with E-state index >= 15 is 0 Å². The number of rotatable bonds is 5. The molecule has 0 aromatic heterocycles. The van der Waals surface area contributed by atoms with E-state index in [1.807, 2.05) is 26.2 Å². The average molecular weight is 272 g/mol. The zero-order chi connectivity index (χ0) is 14.5. The fourth-order valence-electron chi connectivity index (χ4n) is 1.99. The maximum Gasteiger partial charge on any atom is 0.124 e. The van der Waals surface area contributed by atoms with Crippen LogP contribution in [0.15, 0.2) is 42.5 Å². The molecular weight excluding hydrogens is 252 g/mol. The summed E-state index contributed by atoms with van der Waals surface area (Å²) in [6, 6.07) is 12.8. The minimum Gasteiger partial charge on any atom is -0.508 e. The summed E-state index contributed by atoms with van der Waals surface area (Å²) in [4.78, 5) is 2.12. The van der Waals surface area contributed by atoms with Crippen molar-refractivity contribution >= 4 is 5.69 Å². The van der Waals surface area contributed by atoms with Gasteiger partial charge in [-0.3, -0.25) is 0 Å². The summed E-state index contributed by atoms with van der Waals surface area (Å²) in [7, 11) is 4.08. The number of anilines is 1. The van der Waals surface area contributed by atoms with Gasteiger partial charge in [0.15, 0.2) is 0 Å². The summed E-state index contributed by atoms with van der Waals surface area (Å²) < 4.78 is 0. The van der Waals surface area contributed by atoms with Crippen LogP contribution < -0.4 is 5.32 Å². The number of nitrogens with one attached hydrogen (secondary N) is 1. The lowest BCUT2D eigenvalue weighted by Crippen LogP contribution is -2.10. The molecule has 0 bridgehead atoms. The Labute approximate surface area is 119 Å². The van der Waals surface area contributed by atoms with Crippen LogP contribution in [0.2, 0.25) is 0 Å². The molecule has 0 saturated carbocycles. The molecule has 106 valence electrons. The summed E-state index contributed by atoms with van der Waals surface area (Å²) in [5.41, 5.74) is 3.01. The highest BCUT2D eigenvalue weighted by Crippen LogP contribution is 2.23. The molecule has 20 heavy (non-hydrogen) atoms. The molecule has 3 N–H and O–H groups in total. The molecular formula is C16H20N2O2. The number of nitrogens with zero attached hydrogens (tertiary/aromatic N) is 1. The average Bonchev–Trinajstić information content (AvgIpc) is 2.39. The molecule has 4 heteroatoms.